The van der Waals surface area contributed by atoms with Gasteiger partial charge in [0.1, 0.15) is 11.8 Å². The summed E-state index contributed by atoms with van der Waals surface area (Å²) in [5.41, 5.74) is 5.69. The van der Waals surface area contributed by atoms with Gasteiger partial charge in [-0.15, -0.1) is 0 Å². The molecule has 0 amide bonds. The van der Waals surface area contributed by atoms with Crippen molar-refractivity contribution in [1.82, 2.24) is 4.98 Å². The van der Waals surface area contributed by atoms with Crippen LogP contribution in [0.5, 0.6) is 0 Å². The molecule has 0 bridgehead atoms. The lowest BCUT2D eigenvalue weighted by Gasteiger charge is -2.13. The van der Waals surface area contributed by atoms with Crippen LogP contribution in [0.4, 0.5) is 0 Å². The first kappa shape index (κ1) is 17.0. The normalized spacial score (nSPS) is 13.2. The Morgan fingerprint density at radius 1 is 1.55 bits per heavy atom. The zero-order valence-corrected chi connectivity index (χ0v) is 13.5. The molecule has 0 aromatic carbocycles. The second-order valence-corrected chi connectivity index (χ2v) is 6.67. The Kier molecular flexibility index (Phi) is 6.55. The molecular formula is C14H24N2O3S. The second kappa shape index (κ2) is 7.69. The fourth-order valence-electron chi connectivity index (χ4n) is 1.46. The van der Waals surface area contributed by atoms with E-state index in [1.807, 2.05) is 0 Å². The van der Waals surface area contributed by atoms with Crippen molar-refractivity contribution < 1.29 is 13.9 Å². The SMILES string of the molecule is CCOC(=O)C(N)CCSCc1ncc(C(C)(C)C)o1. The molecular weight excluding hydrogens is 276 g/mol. The number of hydrogen-bond acceptors (Lipinski definition) is 6. The second-order valence-electron chi connectivity index (χ2n) is 5.57. The van der Waals surface area contributed by atoms with E-state index in [0.717, 1.165) is 11.5 Å². The highest BCUT2D eigenvalue weighted by molar-refractivity contribution is 7.98. The van der Waals surface area contributed by atoms with Crippen LogP contribution in [0.2, 0.25) is 0 Å². The minimum absolute atomic E-state index is 0.0256. The first-order chi connectivity index (χ1) is 9.34. The van der Waals surface area contributed by atoms with E-state index in [9.17, 15) is 4.79 Å². The number of nitrogens with zero attached hydrogens (tertiary/aromatic N) is 1. The molecule has 6 heteroatoms. The van der Waals surface area contributed by atoms with E-state index in [1.54, 1.807) is 24.9 Å². The summed E-state index contributed by atoms with van der Waals surface area (Å²) >= 11 is 1.65. The first-order valence-corrected chi connectivity index (χ1v) is 7.95. The summed E-state index contributed by atoms with van der Waals surface area (Å²) in [4.78, 5) is 15.6. The van der Waals surface area contributed by atoms with Crippen LogP contribution in [-0.4, -0.2) is 29.4 Å². The van der Waals surface area contributed by atoms with Crippen molar-refractivity contribution in [3.05, 3.63) is 17.8 Å². The summed E-state index contributed by atoms with van der Waals surface area (Å²) in [6.45, 7) is 8.40. The van der Waals surface area contributed by atoms with Gasteiger partial charge in [-0.3, -0.25) is 4.79 Å². The van der Waals surface area contributed by atoms with Crippen LogP contribution in [0, 0.1) is 0 Å². The number of aromatic nitrogens is 1. The molecule has 1 aromatic rings. The van der Waals surface area contributed by atoms with Crippen LogP contribution in [-0.2, 0) is 20.7 Å². The summed E-state index contributed by atoms with van der Waals surface area (Å²) in [5, 5.41) is 0. The largest absolute Gasteiger partial charge is 0.465 e. The van der Waals surface area contributed by atoms with Crippen molar-refractivity contribution in [1.29, 1.82) is 0 Å². The Morgan fingerprint density at radius 3 is 2.80 bits per heavy atom. The third-order valence-corrected chi connectivity index (χ3v) is 3.66. The number of thioether (sulfide) groups is 1. The van der Waals surface area contributed by atoms with Crippen molar-refractivity contribution in [3.63, 3.8) is 0 Å². The van der Waals surface area contributed by atoms with Gasteiger partial charge in [0.05, 0.1) is 18.6 Å². The van der Waals surface area contributed by atoms with Crippen molar-refractivity contribution in [3.8, 4) is 0 Å². The Morgan fingerprint density at radius 2 is 2.25 bits per heavy atom. The average molecular weight is 300 g/mol. The molecule has 114 valence electrons. The highest BCUT2D eigenvalue weighted by atomic mass is 32.2. The molecule has 0 fully saturated rings. The summed E-state index contributed by atoms with van der Waals surface area (Å²) in [6, 6.07) is -0.544. The number of ether oxygens (including phenoxy) is 1. The van der Waals surface area contributed by atoms with Crippen LogP contribution >= 0.6 is 11.8 Å². The van der Waals surface area contributed by atoms with E-state index in [4.69, 9.17) is 14.9 Å². The molecule has 5 nitrogen and oxygen atoms in total. The van der Waals surface area contributed by atoms with E-state index in [2.05, 4.69) is 25.8 Å². The predicted molar refractivity (Wildman–Crippen MR) is 80.6 cm³/mol. The van der Waals surface area contributed by atoms with Crippen molar-refractivity contribution in [2.45, 2.75) is 51.3 Å². The van der Waals surface area contributed by atoms with Crippen LogP contribution < -0.4 is 5.73 Å². The fourth-order valence-corrected chi connectivity index (χ4v) is 2.33. The minimum atomic E-state index is -0.544. The monoisotopic (exact) mass is 300 g/mol. The molecule has 1 rings (SSSR count). The number of nitrogens with two attached hydrogens (primary N) is 1. The Hall–Kier alpha value is -1.01. The number of esters is 1. The Bertz CT molecular complexity index is 426. The van der Waals surface area contributed by atoms with Gasteiger partial charge in [-0.2, -0.15) is 11.8 Å². The zero-order valence-electron chi connectivity index (χ0n) is 12.6. The quantitative estimate of drug-likeness (QED) is 0.615. The van der Waals surface area contributed by atoms with Crippen LogP contribution in [0.3, 0.4) is 0 Å². The molecule has 20 heavy (non-hydrogen) atoms. The first-order valence-electron chi connectivity index (χ1n) is 6.79. The lowest BCUT2D eigenvalue weighted by Crippen LogP contribution is -2.32. The van der Waals surface area contributed by atoms with Gasteiger partial charge < -0.3 is 14.9 Å². The van der Waals surface area contributed by atoms with Gasteiger partial charge in [0.15, 0.2) is 0 Å². The number of hydrogen-bond donors (Lipinski definition) is 1. The van der Waals surface area contributed by atoms with Crippen molar-refractivity contribution in [2.75, 3.05) is 12.4 Å². The number of rotatable bonds is 7. The Labute approximate surface area is 124 Å². The molecule has 0 aliphatic heterocycles. The molecule has 0 aliphatic carbocycles. The highest BCUT2D eigenvalue weighted by Crippen LogP contribution is 2.24. The standard InChI is InChI=1S/C14H24N2O3S/c1-5-18-13(17)10(15)6-7-20-9-12-16-8-11(19-12)14(2,3)4/h8,10H,5-7,9,15H2,1-4H3. The summed E-state index contributed by atoms with van der Waals surface area (Å²) in [6.07, 6.45) is 2.37. The molecule has 0 radical (unpaired) electrons. The third-order valence-electron chi connectivity index (χ3n) is 2.68. The lowest BCUT2D eigenvalue weighted by molar-refractivity contribution is -0.144. The highest BCUT2D eigenvalue weighted by Gasteiger charge is 2.19. The van der Waals surface area contributed by atoms with E-state index in [-0.39, 0.29) is 11.4 Å². The molecule has 0 saturated heterocycles. The summed E-state index contributed by atoms with van der Waals surface area (Å²) in [7, 11) is 0. The summed E-state index contributed by atoms with van der Waals surface area (Å²) < 4.78 is 10.5. The maximum atomic E-state index is 11.3. The van der Waals surface area contributed by atoms with Gasteiger partial charge in [-0.1, -0.05) is 20.8 Å². The fraction of sp³-hybridized carbons (Fsp3) is 0.714. The number of oxazole rings is 1. The van der Waals surface area contributed by atoms with Gasteiger partial charge in [0.25, 0.3) is 0 Å². The molecule has 1 aromatic heterocycles. The molecule has 0 aliphatic rings. The van der Waals surface area contributed by atoms with Gasteiger partial charge >= 0.3 is 5.97 Å². The molecule has 1 heterocycles. The lowest BCUT2D eigenvalue weighted by atomic mass is 9.94. The van der Waals surface area contributed by atoms with E-state index in [1.165, 1.54) is 0 Å². The Balaban J connectivity index is 2.28. The topological polar surface area (TPSA) is 78.4 Å². The average Bonchev–Trinajstić information content (AvgIpc) is 2.83. The molecule has 0 saturated carbocycles. The molecule has 1 unspecified atom stereocenters. The summed E-state index contributed by atoms with van der Waals surface area (Å²) in [5.74, 6) is 2.72. The maximum Gasteiger partial charge on any atom is 0.322 e. The van der Waals surface area contributed by atoms with Gasteiger partial charge in [-0.05, 0) is 19.1 Å². The number of carbonyl (C=O) groups excluding carboxylic acids is 1. The van der Waals surface area contributed by atoms with Gasteiger partial charge in [-0.25, -0.2) is 4.98 Å². The van der Waals surface area contributed by atoms with Crippen LogP contribution in [0.15, 0.2) is 10.6 Å². The van der Waals surface area contributed by atoms with E-state index >= 15 is 0 Å². The minimum Gasteiger partial charge on any atom is -0.465 e. The van der Waals surface area contributed by atoms with Crippen LogP contribution in [0.1, 0.15) is 45.8 Å². The van der Waals surface area contributed by atoms with E-state index in [0.29, 0.717) is 24.7 Å². The third kappa shape index (κ3) is 5.54. The van der Waals surface area contributed by atoms with Gasteiger partial charge in [0, 0.05) is 5.41 Å². The van der Waals surface area contributed by atoms with Crippen molar-refractivity contribution >= 4 is 17.7 Å². The van der Waals surface area contributed by atoms with Crippen LogP contribution in [0.25, 0.3) is 0 Å². The smallest absolute Gasteiger partial charge is 0.322 e. The number of carbonyl (C=O) groups is 1. The molecule has 1 atom stereocenters. The maximum absolute atomic E-state index is 11.3. The predicted octanol–water partition coefficient (Wildman–Crippen LogP) is 2.49. The zero-order chi connectivity index (χ0) is 15.2. The molecule has 2 N–H and O–H groups in total. The van der Waals surface area contributed by atoms with Crippen molar-refractivity contribution in [2.24, 2.45) is 5.73 Å². The van der Waals surface area contributed by atoms with E-state index < -0.39 is 6.04 Å². The van der Waals surface area contributed by atoms with Gasteiger partial charge in [0.2, 0.25) is 5.89 Å². The molecule has 0 spiro atoms.